The molecule has 4 rings (SSSR count). The van der Waals surface area contributed by atoms with Gasteiger partial charge in [-0.25, -0.2) is 5.84 Å². The van der Waals surface area contributed by atoms with Crippen molar-refractivity contribution >= 4 is 5.91 Å². The number of benzene rings is 3. The van der Waals surface area contributed by atoms with Crippen molar-refractivity contribution in [3.8, 4) is 28.1 Å². The van der Waals surface area contributed by atoms with Crippen LogP contribution in [0.15, 0.2) is 85.1 Å². The zero-order valence-electron chi connectivity index (χ0n) is 17.0. The molecule has 0 atom stereocenters. The van der Waals surface area contributed by atoms with Gasteiger partial charge in [-0.1, -0.05) is 66.7 Å². The van der Waals surface area contributed by atoms with E-state index in [0.29, 0.717) is 13.0 Å². The Kier molecular flexibility index (Phi) is 6.40. The third kappa shape index (κ3) is 4.99. The minimum absolute atomic E-state index is 0.216. The Labute approximate surface area is 181 Å². The highest BCUT2D eigenvalue weighted by atomic mass is 16.5. The summed E-state index contributed by atoms with van der Waals surface area (Å²) in [4.78, 5) is 11.6. The predicted molar refractivity (Wildman–Crippen MR) is 121 cm³/mol. The number of nitrogens with two attached hydrogens (primary N) is 1. The molecule has 0 bridgehead atoms. The molecule has 6 heteroatoms. The third-order valence-electron chi connectivity index (χ3n) is 5.10. The van der Waals surface area contributed by atoms with Crippen LogP contribution in [-0.4, -0.2) is 16.1 Å². The summed E-state index contributed by atoms with van der Waals surface area (Å²) in [6, 6.07) is 26.4. The predicted octanol–water partition coefficient (Wildman–Crippen LogP) is 4.25. The third-order valence-corrected chi connectivity index (χ3v) is 5.10. The number of hydrogen-bond donors (Lipinski definition) is 3. The minimum Gasteiger partial charge on any atom is -0.488 e. The van der Waals surface area contributed by atoms with Crippen molar-refractivity contribution in [2.24, 2.45) is 5.84 Å². The average Bonchev–Trinajstić information content (AvgIpc) is 3.30. The highest BCUT2D eigenvalue weighted by Gasteiger charge is 2.15. The molecule has 6 nitrogen and oxygen atoms in total. The van der Waals surface area contributed by atoms with E-state index in [2.05, 4.69) is 33.8 Å². The zero-order valence-corrected chi connectivity index (χ0v) is 17.0. The number of carbonyl (C=O) groups excluding carboxylic acids is 1. The first-order valence-corrected chi connectivity index (χ1v) is 10.1. The number of rotatable bonds is 8. The van der Waals surface area contributed by atoms with Crippen LogP contribution in [0.25, 0.3) is 22.4 Å². The Morgan fingerprint density at radius 3 is 2.45 bits per heavy atom. The van der Waals surface area contributed by atoms with Gasteiger partial charge in [-0.05, 0) is 40.8 Å². The van der Waals surface area contributed by atoms with Gasteiger partial charge in [0.1, 0.15) is 12.4 Å². The van der Waals surface area contributed by atoms with E-state index in [-0.39, 0.29) is 12.3 Å². The maximum Gasteiger partial charge on any atom is 0.234 e. The molecule has 1 aromatic heterocycles. The van der Waals surface area contributed by atoms with Crippen molar-refractivity contribution < 1.29 is 9.53 Å². The number of nitrogens with zero attached hydrogens (tertiary/aromatic N) is 1. The van der Waals surface area contributed by atoms with E-state index in [9.17, 15) is 4.79 Å². The summed E-state index contributed by atoms with van der Waals surface area (Å²) < 4.78 is 6.26. The Bertz CT molecular complexity index is 1140. The quantitative estimate of drug-likeness (QED) is 0.229. The number of hydrazine groups is 1. The summed E-state index contributed by atoms with van der Waals surface area (Å²) in [5.74, 6) is 5.74. The van der Waals surface area contributed by atoms with Crippen LogP contribution in [0.4, 0.5) is 0 Å². The number of amides is 1. The molecule has 0 aliphatic carbocycles. The van der Waals surface area contributed by atoms with Crippen molar-refractivity contribution in [3.63, 3.8) is 0 Å². The molecule has 0 saturated heterocycles. The molecule has 4 N–H and O–H groups in total. The Morgan fingerprint density at radius 2 is 1.71 bits per heavy atom. The van der Waals surface area contributed by atoms with Gasteiger partial charge in [0.2, 0.25) is 5.91 Å². The fraction of sp³-hybridized carbons (Fsp3) is 0.120. The lowest BCUT2D eigenvalue weighted by atomic mass is 9.99. The Hall–Kier alpha value is -3.90. The van der Waals surface area contributed by atoms with E-state index in [1.54, 1.807) is 6.20 Å². The highest BCUT2D eigenvalue weighted by molar-refractivity contribution is 5.78. The number of carbonyl (C=O) groups is 1. The molecule has 0 unspecified atom stereocenters. The smallest absolute Gasteiger partial charge is 0.234 e. The van der Waals surface area contributed by atoms with Gasteiger partial charge in [0.25, 0.3) is 0 Å². The first kappa shape index (κ1) is 20.4. The molecule has 0 radical (unpaired) electrons. The van der Waals surface area contributed by atoms with E-state index < -0.39 is 0 Å². The first-order valence-electron chi connectivity index (χ1n) is 10.1. The van der Waals surface area contributed by atoms with Gasteiger partial charge in [0.05, 0.1) is 11.9 Å². The maximum absolute atomic E-state index is 11.6. The molecule has 0 aliphatic rings. The molecule has 3 aromatic carbocycles. The SMILES string of the molecule is NNC(=O)CCc1cn[nH]c1-c1ccc(-c2ccccc2)cc1OCc1ccccc1. The topological polar surface area (TPSA) is 93.0 Å². The zero-order chi connectivity index (χ0) is 21.5. The van der Waals surface area contributed by atoms with Crippen molar-refractivity contribution in [1.82, 2.24) is 15.6 Å². The van der Waals surface area contributed by atoms with E-state index in [1.165, 1.54) is 0 Å². The van der Waals surface area contributed by atoms with Gasteiger partial charge in [-0.2, -0.15) is 5.10 Å². The molecule has 31 heavy (non-hydrogen) atoms. The molecule has 1 heterocycles. The van der Waals surface area contributed by atoms with Crippen molar-refractivity contribution in [2.45, 2.75) is 19.4 Å². The number of H-pyrrole nitrogens is 1. The van der Waals surface area contributed by atoms with Crippen LogP contribution in [0.1, 0.15) is 17.5 Å². The molecule has 0 fully saturated rings. The lowest BCUT2D eigenvalue weighted by Gasteiger charge is -2.14. The molecular formula is C25H24N4O2. The number of aromatic amines is 1. The summed E-state index contributed by atoms with van der Waals surface area (Å²) in [6.45, 7) is 0.450. The fourth-order valence-electron chi connectivity index (χ4n) is 3.45. The molecule has 1 amide bonds. The lowest BCUT2D eigenvalue weighted by Crippen LogP contribution is -2.30. The largest absolute Gasteiger partial charge is 0.488 e. The van der Waals surface area contributed by atoms with Crippen molar-refractivity contribution in [2.75, 3.05) is 0 Å². The maximum atomic E-state index is 11.6. The van der Waals surface area contributed by atoms with Gasteiger partial charge in [0.15, 0.2) is 0 Å². The Morgan fingerprint density at radius 1 is 0.968 bits per heavy atom. The summed E-state index contributed by atoms with van der Waals surface area (Å²) in [6.07, 6.45) is 2.55. The molecule has 156 valence electrons. The Balaban J connectivity index is 1.68. The molecular weight excluding hydrogens is 388 g/mol. The van der Waals surface area contributed by atoms with Gasteiger partial charge in [-0.15, -0.1) is 0 Å². The van der Waals surface area contributed by atoms with E-state index in [0.717, 1.165) is 39.3 Å². The van der Waals surface area contributed by atoms with Crippen LogP contribution in [0.3, 0.4) is 0 Å². The number of ether oxygens (including phenoxy) is 1. The van der Waals surface area contributed by atoms with Crippen LogP contribution < -0.4 is 16.0 Å². The van der Waals surface area contributed by atoms with Crippen molar-refractivity contribution in [3.05, 3.63) is 96.2 Å². The summed E-state index contributed by atoms with van der Waals surface area (Å²) in [7, 11) is 0. The van der Waals surface area contributed by atoms with Crippen molar-refractivity contribution in [1.29, 1.82) is 0 Å². The monoisotopic (exact) mass is 412 g/mol. The molecule has 0 aliphatic heterocycles. The normalized spacial score (nSPS) is 10.6. The van der Waals surface area contributed by atoms with Gasteiger partial charge < -0.3 is 4.74 Å². The van der Waals surface area contributed by atoms with E-state index in [1.807, 2.05) is 60.7 Å². The van der Waals surface area contributed by atoms with E-state index >= 15 is 0 Å². The molecule has 4 aromatic rings. The van der Waals surface area contributed by atoms with E-state index in [4.69, 9.17) is 10.6 Å². The minimum atomic E-state index is -0.216. The molecule has 0 spiro atoms. The summed E-state index contributed by atoms with van der Waals surface area (Å²) in [5.41, 5.74) is 8.10. The number of aromatic nitrogens is 2. The van der Waals surface area contributed by atoms with Crippen LogP contribution in [-0.2, 0) is 17.8 Å². The van der Waals surface area contributed by atoms with Crippen LogP contribution in [0.2, 0.25) is 0 Å². The molecule has 0 saturated carbocycles. The second kappa shape index (κ2) is 9.73. The van der Waals surface area contributed by atoms with Crippen LogP contribution >= 0.6 is 0 Å². The number of nitrogens with one attached hydrogen (secondary N) is 2. The highest BCUT2D eigenvalue weighted by Crippen LogP contribution is 2.35. The van der Waals surface area contributed by atoms with Crippen LogP contribution in [0.5, 0.6) is 5.75 Å². The number of hydrogen-bond acceptors (Lipinski definition) is 4. The standard InChI is InChI=1S/C25H24N4O2/c26-28-24(30)14-12-21-16-27-29-25(21)22-13-11-20(19-9-5-2-6-10-19)15-23(22)31-17-18-7-3-1-4-8-18/h1-11,13,15-16H,12,14,17,26H2,(H,27,29)(H,28,30). The van der Waals surface area contributed by atoms with Gasteiger partial charge in [0, 0.05) is 12.0 Å². The summed E-state index contributed by atoms with van der Waals surface area (Å²) >= 11 is 0. The summed E-state index contributed by atoms with van der Waals surface area (Å²) in [5, 5.41) is 7.27. The second-order valence-corrected chi connectivity index (χ2v) is 7.19. The fourth-order valence-corrected chi connectivity index (χ4v) is 3.45. The lowest BCUT2D eigenvalue weighted by molar-refractivity contribution is -0.121. The first-order chi connectivity index (χ1) is 15.2. The number of aryl methyl sites for hydroxylation is 1. The average molecular weight is 412 g/mol. The van der Waals surface area contributed by atoms with Gasteiger partial charge >= 0.3 is 0 Å². The second-order valence-electron chi connectivity index (χ2n) is 7.19. The van der Waals surface area contributed by atoms with Gasteiger partial charge in [-0.3, -0.25) is 15.3 Å². The van der Waals surface area contributed by atoms with Crippen LogP contribution in [0, 0.1) is 0 Å².